The third kappa shape index (κ3) is 3.48. The van der Waals surface area contributed by atoms with Crippen LogP contribution in [0, 0.1) is 6.92 Å². The molecule has 0 bridgehead atoms. The molecule has 0 atom stereocenters. The Morgan fingerprint density at radius 1 is 1.00 bits per heavy atom. The molecule has 3 aromatic rings. The molecule has 2 amide bonds. The van der Waals surface area contributed by atoms with Gasteiger partial charge in [0, 0.05) is 62.5 Å². The molecule has 2 aromatic carbocycles. The number of hydrogen-bond donors (Lipinski definition) is 0. The average Bonchev–Trinajstić information content (AvgIpc) is 3.27. The molecule has 3 heterocycles. The summed E-state index contributed by atoms with van der Waals surface area (Å²) < 4.78 is 0. The van der Waals surface area contributed by atoms with Crippen LogP contribution in [0.15, 0.2) is 48.0 Å². The molecule has 5 rings (SSSR count). The van der Waals surface area contributed by atoms with Crippen molar-refractivity contribution in [3.8, 4) is 0 Å². The van der Waals surface area contributed by atoms with Crippen LogP contribution in [0.1, 0.15) is 25.7 Å². The van der Waals surface area contributed by atoms with Crippen LogP contribution in [-0.2, 0) is 0 Å². The smallest absolute Gasteiger partial charge is 0.282 e. The summed E-state index contributed by atoms with van der Waals surface area (Å²) in [6.07, 6.45) is 1.67. The first-order chi connectivity index (χ1) is 14.6. The Bertz CT molecular complexity index is 1080. The summed E-state index contributed by atoms with van der Waals surface area (Å²) in [5, 5.41) is 4.70. The summed E-state index contributed by atoms with van der Waals surface area (Å²) in [6, 6.07) is 12.6. The van der Waals surface area contributed by atoms with Gasteiger partial charge in [-0.25, -0.2) is 4.98 Å². The topological polar surface area (TPSA) is 56.8 Å². The number of rotatable bonds is 3. The second-order valence-corrected chi connectivity index (χ2v) is 8.93. The first-order valence-electron chi connectivity index (χ1n) is 10.3. The zero-order valence-corrected chi connectivity index (χ0v) is 17.8. The van der Waals surface area contributed by atoms with Gasteiger partial charge < -0.3 is 9.80 Å². The lowest BCUT2D eigenvalue weighted by Gasteiger charge is -2.48. The first kappa shape index (κ1) is 19.2. The highest BCUT2D eigenvalue weighted by molar-refractivity contribution is 7.11. The minimum absolute atomic E-state index is 0.0293. The Morgan fingerprint density at radius 2 is 1.80 bits per heavy atom. The van der Waals surface area contributed by atoms with Crippen LogP contribution in [0.25, 0.3) is 10.8 Å². The second-order valence-electron chi connectivity index (χ2n) is 8.04. The average molecular weight is 421 g/mol. The third-order valence-corrected chi connectivity index (χ3v) is 6.99. The lowest BCUT2D eigenvalue weighted by molar-refractivity contribution is 0.00854. The van der Waals surface area contributed by atoms with Gasteiger partial charge in [-0.05, 0) is 35.4 Å². The fraction of sp³-hybridized carbons (Fsp3) is 0.348. The fourth-order valence-corrected chi connectivity index (χ4v) is 4.97. The van der Waals surface area contributed by atoms with Gasteiger partial charge in [-0.15, -0.1) is 11.3 Å². The second kappa shape index (κ2) is 7.81. The highest BCUT2D eigenvalue weighted by Gasteiger charge is 2.37. The van der Waals surface area contributed by atoms with Crippen molar-refractivity contribution in [3.05, 3.63) is 64.1 Å². The quantitative estimate of drug-likeness (QED) is 0.654. The van der Waals surface area contributed by atoms with Gasteiger partial charge in [0.1, 0.15) is 0 Å². The monoisotopic (exact) mass is 420 g/mol. The molecule has 2 aliphatic rings. The van der Waals surface area contributed by atoms with E-state index in [-0.39, 0.29) is 11.8 Å². The van der Waals surface area contributed by atoms with Gasteiger partial charge in [0.2, 0.25) is 0 Å². The molecular weight excluding hydrogens is 396 g/mol. The molecule has 6 nitrogen and oxygen atoms in total. The maximum atomic E-state index is 12.9. The van der Waals surface area contributed by atoms with Gasteiger partial charge in [0.25, 0.3) is 11.8 Å². The SMILES string of the molecule is Cc1cccc2cc(C(=O)N3CC(N4CCN(C(=O)c5nccs5)CC4)C3)ccc12. The van der Waals surface area contributed by atoms with Crippen molar-refractivity contribution in [2.75, 3.05) is 39.3 Å². The van der Waals surface area contributed by atoms with E-state index in [9.17, 15) is 9.59 Å². The molecule has 7 heteroatoms. The number of amides is 2. The Hall–Kier alpha value is -2.77. The van der Waals surface area contributed by atoms with E-state index >= 15 is 0 Å². The number of piperazine rings is 1. The van der Waals surface area contributed by atoms with E-state index in [0.29, 0.717) is 24.1 Å². The normalized spacial score (nSPS) is 17.9. The number of thiazole rings is 1. The third-order valence-electron chi connectivity index (χ3n) is 6.23. The molecule has 2 aliphatic heterocycles. The summed E-state index contributed by atoms with van der Waals surface area (Å²) >= 11 is 1.39. The number of aromatic nitrogens is 1. The molecule has 154 valence electrons. The van der Waals surface area contributed by atoms with E-state index in [4.69, 9.17) is 0 Å². The van der Waals surface area contributed by atoms with E-state index < -0.39 is 0 Å². The van der Waals surface area contributed by atoms with Crippen molar-refractivity contribution in [3.63, 3.8) is 0 Å². The van der Waals surface area contributed by atoms with E-state index in [1.165, 1.54) is 22.3 Å². The Kier molecular flexibility index (Phi) is 5.00. The minimum Gasteiger partial charge on any atom is -0.335 e. The molecule has 0 unspecified atom stereocenters. The van der Waals surface area contributed by atoms with Crippen molar-refractivity contribution in [2.45, 2.75) is 13.0 Å². The number of hydrogen-bond acceptors (Lipinski definition) is 5. The minimum atomic E-state index is 0.0293. The largest absolute Gasteiger partial charge is 0.335 e. The van der Waals surface area contributed by atoms with Crippen LogP contribution in [0.4, 0.5) is 0 Å². The number of aryl methyl sites for hydroxylation is 1. The predicted octanol–water partition coefficient (Wildman–Crippen LogP) is 2.89. The summed E-state index contributed by atoms with van der Waals surface area (Å²) in [6.45, 7) is 6.72. The van der Waals surface area contributed by atoms with E-state index in [0.717, 1.165) is 37.1 Å². The van der Waals surface area contributed by atoms with Gasteiger partial charge in [-0.2, -0.15) is 0 Å². The Balaban J connectivity index is 1.16. The molecule has 0 radical (unpaired) electrons. The molecule has 0 saturated carbocycles. The zero-order valence-electron chi connectivity index (χ0n) is 17.0. The highest BCUT2D eigenvalue weighted by atomic mass is 32.1. The fourth-order valence-electron chi connectivity index (χ4n) is 4.37. The molecule has 2 saturated heterocycles. The number of carbonyl (C=O) groups is 2. The molecule has 0 aliphatic carbocycles. The van der Waals surface area contributed by atoms with Crippen molar-refractivity contribution < 1.29 is 9.59 Å². The lowest BCUT2D eigenvalue weighted by Crippen LogP contribution is -2.64. The van der Waals surface area contributed by atoms with E-state index in [2.05, 4.69) is 28.9 Å². The van der Waals surface area contributed by atoms with Crippen LogP contribution < -0.4 is 0 Å². The lowest BCUT2D eigenvalue weighted by atomic mass is 10.00. The maximum absolute atomic E-state index is 12.9. The Labute approximate surface area is 179 Å². The van der Waals surface area contributed by atoms with Gasteiger partial charge in [-0.1, -0.05) is 24.3 Å². The van der Waals surface area contributed by atoms with E-state index in [1.807, 2.05) is 39.4 Å². The predicted molar refractivity (Wildman–Crippen MR) is 118 cm³/mol. The van der Waals surface area contributed by atoms with Crippen LogP contribution in [0.5, 0.6) is 0 Å². The number of benzene rings is 2. The Morgan fingerprint density at radius 3 is 2.53 bits per heavy atom. The summed E-state index contributed by atoms with van der Waals surface area (Å²) in [5.41, 5.74) is 1.98. The number of nitrogens with zero attached hydrogens (tertiary/aromatic N) is 4. The van der Waals surface area contributed by atoms with Gasteiger partial charge in [0.15, 0.2) is 5.01 Å². The number of likely N-dealkylation sites (tertiary alicyclic amines) is 1. The first-order valence-corrected chi connectivity index (χ1v) is 11.2. The van der Waals surface area contributed by atoms with Crippen LogP contribution in [0.3, 0.4) is 0 Å². The van der Waals surface area contributed by atoms with Crippen molar-refractivity contribution >= 4 is 33.9 Å². The van der Waals surface area contributed by atoms with Crippen LogP contribution in [0.2, 0.25) is 0 Å². The molecule has 0 N–H and O–H groups in total. The highest BCUT2D eigenvalue weighted by Crippen LogP contribution is 2.24. The van der Waals surface area contributed by atoms with Crippen molar-refractivity contribution in [1.82, 2.24) is 19.7 Å². The summed E-state index contributed by atoms with van der Waals surface area (Å²) in [4.78, 5) is 35.7. The number of fused-ring (bicyclic) bond motifs is 1. The molecule has 30 heavy (non-hydrogen) atoms. The molecule has 2 fully saturated rings. The van der Waals surface area contributed by atoms with E-state index in [1.54, 1.807) is 6.20 Å². The van der Waals surface area contributed by atoms with Crippen LogP contribution in [-0.4, -0.2) is 76.8 Å². The van der Waals surface area contributed by atoms with Crippen molar-refractivity contribution in [2.24, 2.45) is 0 Å². The maximum Gasteiger partial charge on any atom is 0.282 e. The zero-order chi connectivity index (χ0) is 20.7. The van der Waals surface area contributed by atoms with Crippen LogP contribution >= 0.6 is 11.3 Å². The van der Waals surface area contributed by atoms with Gasteiger partial charge in [-0.3, -0.25) is 14.5 Å². The molecule has 0 spiro atoms. The molecular formula is C23H24N4O2S. The van der Waals surface area contributed by atoms with Gasteiger partial charge in [0.05, 0.1) is 0 Å². The van der Waals surface area contributed by atoms with Crippen molar-refractivity contribution in [1.29, 1.82) is 0 Å². The summed E-state index contributed by atoms with van der Waals surface area (Å²) in [5.74, 6) is 0.133. The standard InChI is InChI=1S/C23H24N4O2S/c1-16-3-2-4-17-13-18(5-6-20(16)17)22(28)27-14-19(15-27)25-8-10-26(11-9-25)23(29)21-24-7-12-30-21/h2-7,12-13,19H,8-11,14-15H2,1H3. The number of carbonyl (C=O) groups excluding carboxylic acids is 2. The summed E-state index contributed by atoms with van der Waals surface area (Å²) in [7, 11) is 0. The van der Waals surface area contributed by atoms with Gasteiger partial charge >= 0.3 is 0 Å². The molecule has 1 aromatic heterocycles.